The van der Waals surface area contributed by atoms with Crippen LogP contribution in [-0.2, 0) is 11.3 Å². The number of hydrogen-bond donors (Lipinski definition) is 2. The predicted octanol–water partition coefficient (Wildman–Crippen LogP) is 3.57. The van der Waals surface area contributed by atoms with Gasteiger partial charge in [-0.1, -0.05) is 25.8 Å². The quantitative estimate of drug-likeness (QED) is 0.422. The lowest BCUT2D eigenvalue weighted by atomic mass is 9.88. The van der Waals surface area contributed by atoms with Crippen LogP contribution in [0.3, 0.4) is 0 Å². The molecule has 7 heteroatoms. The summed E-state index contributed by atoms with van der Waals surface area (Å²) in [5, 5.41) is 3.37. The van der Waals surface area contributed by atoms with Gasteiger partial charge in [0.1, 0.15) is 0 Å². The van der Waals surface area contributed by atoms with Crippen LogP contribution in [0, 0.1) is 10.7 Å². The van der Waals surface area contributed by atoms with Crippen LogP contribution in [0.5, 0.6) is 0 Å². The van der Waals surface area contributed by atoms with E-state index in [9.17, 15) is 9.59 Å². The van der Waals surface area contributed by atoms with Crippen molar-refractivity contribution in [2.24, 2.45) is 5.92 Å². The van der Waals surface area contributed by atoms with Gasteiger partial charge in [0.25, 0.3) is 11.5 Å². The fraction of sp³-hybridized carbons (Fsp3) is 0.476. The van der Waals surface area contributed by atoms with Gasteiger partial charge in [0.05, 0.1) is 23.6 Å². The molecule has 1 aliphatic carbocycles. The summed E-state index contributed by atoms with van der Waals surface area (Å²) in [5.74, 6) is 0.384. The van der Waals surface area contributed by atoms with Crippen molar-refractivity contribution in [1.82, 2.24) is 14.9 Å². The van der Waals surface area contributed by atoms with E-state index in [-0.39, 0.29) is 11.5 Å². The van der Waals surface area contributed by atoms with Crippen LogP contribution in [0.15, 0.2) is 35.6 Å². The van der Waals surface area contributed by atoms with E-state index in [4.69, 9.17) is 17.0 Å². The van der Waals surface area contributed by atoms with Crippen LogP contribution in [0.25, 0.3) is 10.9 Å². The van der Waals surface area contributed by atoms with Gasteiger partial charge in [-0.2, -0.15) is 0 Å². The van der Waals surface area contributed by atoms with Crippen molar-refractivity contribution in [3.63, 3.8) is 0 Å². The highest BCUT2D eigenvalue weighted by Crippen LogP contribution is 2.26. The molecule has 0 saturated heterocycles. The number of benzene rings is 1. The zero-order valence-electron chi connectivity index (χ0n) is 16.2. The van der Waals surface area contributed by atoms with E-state index in [1.807, 2.05) is 0 Å². The molecule has 0 radical (unpaired) electrons. The number of hydrogen-bond acceptors (Lipinski definition) is 4. The number of allylic oxidation sites excluding steroid dienone is 1. The minimum atomic E-state index is -0.197. The summed E-state index contributed by atoms with van der Waals surface area (Å²) in [7, 11) is 0. The van der Waals surface area contributed by atoms with Crippen LogP contribution in [0.1, 0.15) is 43.0 Å². The molecule has 1 aromatic heterocycles. The highest BCUT2D eigenvalue weighted by Gasteiger charge is 2.21. The van der Waals surface area contributed by atoms with Crippen molar-refractivity contribution in [3.05, 3.63) is 51.5 Å². The number of carbonyl (C=O) groups is 1. The van der Waals surface area contributed by atoms with Crippen LogP contribution in [0.2, 0.25) is 0 Å². The van der Waals surface area contributed by atoms with Crippen LogP contribution < -0.4 is 10.9 Å². The zero-order chi connectivity index (χ0) is 20.1. The van der Waals surface area contributed by atoms with Gasteiger partial charge in [0.2, 0.25) is 0 Å². The fourth-order valence-corrected chi connectivity index (χ4v) is 3.96. The predicted molar refractivity (Wildman–Crippen MR) is 113 cm³/mol. The monoisotopic (exact) mass is 401 g/mol. The smallest absolute Gasteiger partial charge is 0.262 e. The van der Waals surface area contributed by atoms with Gasteiger partial charge < -0.3 is 15.0 Å². The normalized spacial score (nSPS) is 19.5. The van der Waals surface area contributed by atoms with E-state index in [1.54, 1.807) is 24.3 Å². The second-order valence-corrected chi connectivity index (χ2v) is 7.71. The first-order valence-corrected chi connectivity index (χ1v) is 10.2. The molecular formula is C21H27N3O3S. The Morgan fingerprint density at radius 3 is 2.96 bits per heavy atom. The maximum absolute atomic E-state index is 12.5. The van der Waals surface area contributed by atoms with Crippen molar-refractivity contribution in [1.29, 1.82) is 0 Å². The second-order valence-electron chi connectivity index (χ2n) is 7.32. The minimum absolute atomic E-state index is 0.194. The minimum Gasteiger partial charge on any atom is -0.376 e. The Morgan fingerprint density at radius 2 is 2.21 bits per heavy atom. The molecule has 1 saturated carbocycles. The molecule has 1 fully saturated rings. The molecule has 2 N–H and O–H groups in total. The lowest BCUT2D eigenvalue weighted by Gasteiger charge is -2.28. The number of ether oxygens (including phenoxy) is 1. The third kappa shape index (κ3) is 4.59. The molecule has 1 aromatic carbocycles. The van der Waals surface area contributed by atoms with Gasteiger partial charge >= 0.3 is 0 Å². The molecule has 0 spiro atoms. The first-order chi connectivity index (χ1) is 13.5. The Hall–Kier alpha value is -2.25. The Bertz CT molecular complexity index is 979. The van der Waals surface area contributed by atoms with Crippen molar-refractivity contribution < 1.29 is 9.53 Å². The molecule has 1 aliphatic rings. The maximum Gasteiger partial charge on any atom is 0.262 e. The van der Waals surface area contributed by atoms with E-state index in [0.717, 1.165) is 6.42 Å². The molecule has 1 heterocycles. The number of nitrogens with one attached hydrogen (secondary N) is 2. The number of fused-ring (bicyclic) bond motifs is 1. The molecule has 3 rings (SSSR count). The second kappa shape index (κ2) is 9.30. The summed E-state index contributed by atoms with van der Waals surface area (Å²) >= 11 is 5.24. The Morgan fingerprint density at radius 1 is 1.43 bits per heavy atom. The van der Waals surface area contributed by atoms with Crippen molar-refractivity contribution in [2.75, 3.05) is 13.2 Å². The number of H-pyrrole nitrogens is 1. The van der Waals surface area contributed by atoms with Gasteiger partial charge in [-0.25, -0.2) is 0 Å². The lowest BCUT2D eigenvalue weighted by molar-refractivity contribution is -0.00293. The molecular weight excluding hydrogens is 374 g/mol. The largest absolute Gasteiger partial charge is 0.376 e. The van der Waals surface area contributed by atoms with Gasteiger partial charge in [0, 0.05) is 18.7 Å². The molecule has 2 atom stereocenters. The number of aromatic nitrogens is 2. The summed E-state index contributed by atoms with van der Waals surface area (Å²) in [5.41, 5.74) is 0.834. The molecule has 1 amide bonds. The Balaban J connectivity index is 1.63. The molecule has 6 nitrogen and oxygen atoms in total. The standard InChI is InChI=1S/C21H27N3O3S/c1-3-11-24-20(26)16-9-8-15(13-17(16)23-21(24)28)19(25)22-10-12-27-18-7-5-4-6-14(18)2/h3,8-9,13-14,18H,1,4-7,10-12H2,2H3,(H,22,25)(H,23,28). The topological polar surface area (TPSA) is 76.1 Å². The summed E-state index contributed by atoms with van der Waals surface area (Å²) in [4.78, 5) is 28.0. The highest BCUT2D eigenvalue weighted by molar-refractivity contribution is 7.71. The van der Waals surface area contributed by atoms with Crippen molar-refractivity contribution in [3.8, 4) is 0 Å². The molecule has 0 bridgehead atoms. The number of carbonyl (C=O) groups excluding carboxylic acids is 1. The van der Waals surface area contributed by atoms with E-state index < -0.39 is 0 Å². The van der Waals surface area contributed by atoms with E-state index >= 15 is 0 Å². The molecule has 0 aliphatic heterocycles. The fourth-order valence-electron chi connectivity index (χ4n) is 3.70. The van der Waals surface area contributed by atoms with Crippen molar-refractivity contribution >= 4 is 29.0 Å². The third-order valence-electron chi connectivity index (χ3n) is 5.31. The van der Waals surface area contributed by atoms with Crippen molar-refractivity contribution in [2.45, 2.75) is 45.3 Å². The zero-order valence-corrected chi connectivity index (χ0v) is 17.0. The Kier molecular flexibility index (Phi) is 6.80. The molecule has 28 heavy (non-hydrogen) atoms. The lowest BCUT2D eigenvalue weighted by Crippen LogP contribution is -2.31. The van der Waals surface area contributed by atoms with E-state index in [1.165, 1.54) is 23.8 Å². The highest BCUT2D eigenvalue weighted by atomic mass is 32.1. The average Bonchev–Trinajstić information content (AvgIpc) is 2.69. The van der Waals surface area contributed by atoms with Crippen LogP contribution >= 0.6 is 12.2 Å². The molecule has 150 valence electrons. The van der Waals surface area contributed by atoms with Gasteiger partial charge in [0.15, 0.2) is 4.77 Å². The van der Waals surface area contributed by atoms with E-state index in [2.05, 4.69) is 23.8 Å². The van der Waals surface area contributed by atoms with Gasteiger partial charge in [-0.05, 0) is 49.2 Å². The molecule has 2 aromatic rings. The summed E-state index contributed by atoms with van der Waals surface area (Å²) in [6.07, 6.45) is 6.72. The van der Waals surface area contributed by atoms with Gasteiger partial charge in [-0.3, -0.25) is 14.2 Å². The Labute approximate surface area is 169 Å². The van der Waals surface area contributed by atoms with Gasteiger partial charge in [-0.15, -0.1) is 6.58 Å². The van der Waals surface area contributed by atoms with E-state index in [0.29, 0.717) is 53.0 Å². The summed E-state index contributed by atoms with van der Waals surface area (Å²) < 4.78 is 7.68. The third-order valence-corrected chi connectivity index (χ3v) is 5.63. The number of aromatic amines is 1. The molecule has 2 unspecified atom stereocenters. The first kappa shape index (κ1) is 20.5. The maximum atomic E-state index is 12.5. The SMILES string of the molecule is C=CCn1c(=S)[nH]c2cc(C(=O)NCCOC3CCCCC3C)ccc2c1=O. The number of nitrogens with zero attached hydrogens (tertiary/aromatic N) is 1. The average molecular weight is 402 g/mol. The summed E-state index contributed by atoms with van der Waals surface area (Å²) in [6, 6.07) is 4.96. The number of rotatable bonds is 7. The summed E-state index contributed by atoms with van der Waals surface area (Å²) in [6.45, 7) is 7.17. The first-order valence-electron chi connectivity index (χ1n) is 9.79. The van der Waals surface area contributed by atoms with Crippen LogP contribution in [-0.4, -0.2) is 34.7 Å². The van der Waals surface area contributed by atoms with Crippen LogP contribution in [0.4, 0.5) is 0 Å². The number of amides is 1.